The summed E-state index contributed by atoms with van der Waals surface area (Å²) in [5.41, 5.74) is 1.17. The van der Waals surface area contributed by atoms with Gasteiger partial charge in [-0.1, -0.05) is 25.5 Å². The zero-order valence-corrected chi connectivity index (χ0v) is 11.7. The van der Waals surface area contributed by atoms with Crippen molar-refractivity contribution in [1.82, 2.24) is 5.32 Å². The first-order chi connectivity index (χ1) is 9.13. The van der Waals surface area contributed by atoms with Crippen LogP contribution in [0.15, 0.2) is 24.3 Å². The van der Waals surface area contributed by atoms with Gasteiger partial charge in [-0.15, -0.1) is 0 Å². The largest absolute Gasteiger partial charge is 0.494 e. The Morgan fingerprint density at radius 1 is 1.47 bits per heavy atom. The van der Waals surface area contributed by atoms with Crippen LogP contribution in [0.4, 0.5) is 0 Å². The molecule has 2 N–H and O–H groups in total. The van der Waals surface area contributed by atoms with Gasteiger partial charge < -0.3 is 15.2 Å². The summed E-state index contributed by atoms with van der Waals surface area (Å²) in [7, 11) is 0. The predicted octanol–water partition coefficient (Wildman–Crippen LogP) is 2.61. The molecule has 19 heavy (non-hydrogen) atoms. The molecule has 0 amide bonds. The molecule has 1 atom stereocenters. The summed E-state index contributed by atoms with van der Waals surface area (Å²) in [5, 5.41) is 12.0. The first kappa shape index (κ1) is 15.5. The molecule has 1 unspecified atom stereocenters. The Hall–Kier alpha value is -1.55. The van der Waals surface area contributed by atoms with Crippen LogP contribution in [0.5, 0.6) is 5.75 Å². The molecule has 0 spiro atoms. The van der Waals surface area contributed by atoms with E-state index in [0.717, 1.165) is 18.6 Å². The fourth-order valence-electron chi connectivity index (χ4n) is 1.85. The second-order valence-corrected chi connectivity index (χ2v) is 4.65. The van der Waals surface area contributed by atoms with Crippen LogP contribution in [0.1, 0.15) is 31.7 Å². The molecule has 0 heterocycles. The van der Waals surface area contributed by atoms with Gasteiger partial charge in [-0.3, -0.25) is 4.79 Å². The van der Waals surface area contributed by atoms with Crippen LogP contribution in [0.25, 0.3) is 0 Å². The average molecular weight is 265 g/mol. The fourth-order valence-corrected chi connectivity index (χ4v) is 1.85. The number of carbonyl (C=O) groups is 1. The molecule has 4 nitrogen and oxygen atoms in total. The van der Waals surface area contributed by atoms with Gasteiger partial charge in [0.2, 0.25) is 0 Å². The highest BCUT2D eigenvalue weighted by Crippen LogP contribution is 2.12. The van der Waals surface area contributed by atoms with Crippen LogP contribution >= 0.6 is 0 Å². The minimum absolute atomic E-state index is 0.441. The Morgan fingerprint density at radius 2 is 2.26 bits per heavy atom. The monoisotopic (exact) mass is 265 g/mol. The van der Waals surface area contributed by atoms with Crippen LogP contribution in [0.2, 0.25) is 0 Å². The number of carboxylic acid groups (broad SMARTS) is 1. The summed E-state index contributed by atoms with van der Waals surface area (Å²) < 4.78 is 5.60. The second-order valence-electron chi connectivity index (χ2n) is 4.65. The Bertz CT molecular complexity index is 393. The maximum absolute atomic E-state index is 10.9. The molecule has 106 valence electrons. The topological polar surface area (TPSA) is 58.6 Å². The Kier molecular flexibility index (Phi) is 6.97. The van der Waals surface area contributed by atoms with E-state index in [9.17, 15) is 4.79 Å². The molecular weight excluding hydrogens is 242 g/mol. The Morgan fingerprint density at radius 3 is 2.89 bits per heavy atom. The van der Waals surface area contributed by atoms with Crippen molar-refractivity contribution in [3.05, 3.63) is 29.8 Å². The lowest BCUT2D eigenvalue weighted by molar-refractivity contribution is -0.139. The number of carboxylic acids is 1. The average Bonchev–Trinajstić information content (AvgIpc) is 2.37. The van der Waals surface area contributed by atoms with Gasteiger partial charge in [0, 0.05) is 0 Å². The van der Waals surface area contributed by atoms with Crippen LogP contribution in [0.3, 0.4) is 0 Å². The number of nitrogens with one attached hydrogen (secondary N) is 1. The van der Waals surface area contributed by atoms with Gasteiger partial charge in [0.25, 0.3) is 0 Å². The lowest BCUT2D eigenvalue weighted by Crippen LogP contribution is -2.37. The minimum atomic E-state index is -0.776. The molecule has 4 heteroatoms. The summed E-state index contributed by atoms with van der Waals surface area (Å²) in [6.07, 6.45) is 2.32. The third-order valence-corrected chi connectivity index (χ3v) is 2.85. The molecule has 0 saturated heterocycles. The molecule has 0 fully saturated rings. The number of ether oxygens (including phenoxy) is 1. The number of benzene rings is 1. The number of aryl methyl sites for hydroxylation is 1. The zero-order chi connectivity index (χ0) is 14.1. The van der Waals surface area contributed by atoms with Crippen LogP contribution < -0.4 is 10.1 Å². The molecule has 0 aliphatic heterocycles. The number of hydrogen-bond donors (Lipinski definition) is 2. The van der Waals surface area contributed by atoms with E-state index in [0.29, 0.717) is 19.6 Å². The number of hydrogen-bond acceptors (Lipinski definition) is 3. The summed E-state index contributed by atoms with van der Waals surface area (Å²) in [5.74, 6) is 0.0878. The molecule has 1 aromatic rings. The van der Waals surface area contributed by atoms with E-state index >= 15 is 0 Å². The van der Waals surface area contributed by atoms with E-state index in [1.165, 1.54) is 5.56 Å². The maximum atomic E-state index is 10.9. The summed E-state index contributed by atoms with van der Waals surface area (Å²) in [4.78, 5) is 10.9. The molecular formula is C15H23NO3. The van der Waals surface area contributed by atoms with Gasteiger partial charge >= 0.3 is 5.97 Å². The van der Waals surface area contributed by atoms with Crippen molar-refractivity contribution in [1.29, 1.82) is 0 Å². The molecule has 0 aromatic heterocycles. The molecule has 0 bridgehead atoms. The van der Waals surface area contributed by atoms with Gasteiger partial charge in [0.15, 0.2) is 0 Å². The van der Waals surface area contributed by atoms with Gasteiger partial charge in [-0.25, -0.2) is 0 Å². The number of aliphatic carboxylic acids is 1. The maximum Gasteiger partial charge on any atom is 0.320 e. The zero-order valence-electron chi connectivity index (χ0n) is 11.7. The quantitative estimate of drug-likeness (QED) is 0.674. The van der Waals surface area contributed by atoms with Gasteiger partial charge in [0.05, 0.1) is 6.61 Å². The fraction of sp³-hybridized carbons (Fsp3) is 0.533. The second kappa shape index (κ2) is 8.53. The summed E-state index contributed by atoms with van der Waals surface area (Å²) in [6, 6.07) is 7.47. The van der Waals surface area contributed by atoms with E-state index in [1.807, 2.05) is 38.1 Å². The normalized spacial score (nSPS) is 12.1. The van der Waals surface area contributed by atoms with E-state index in [4.69, 9.17) is 9.84 Å². The van der Waals surface area contributed by atoms with E-state index in [1.54, 1.807) is 0 Å². The van der Waals surface area contributed by atoms with Crippen molar-refractivity contribution >= 4 is 5.97 Å². The standard InChI is InChI=1S/C15H23NO3/c1-3-6-14(15(17)18)16-9-5-10-19-13-8-4-7-12(2)11-13/h4,7-8,11,14,16H,3,5-6,9-10H2,1-2H3,(H,17,18). The molecule has 0 aliphatic rings. The van der Waals surface area contributed by atoms with Crippen molar-refractivity contribution in [2.24, 2.45) is 0 Å². The molecule has 1 rings (SSSR count). The number of rotatable bonds is 9. The minimum Gasteiger partial charge on any atom is -0.494 e. The third-order valence-electron chi connectivity index (χ3n) is 2.85. The van der Waals surface area contributed by atoms with Crippen molar-refractivity contribution in [3.8, 4) is 5.75 Å². The summed E-state index contributed by atoms with van der Waals surface area (Å²) in [6.45, 7) is 5.26. The summed E-state index contributed by atoms with van der Waals surface area (Å²) >= 11 is 0. The van der Waals surface area contributed by atoms with Gasteiger partial charge in [-0.05, 0) is 44.0 Å². The first-order valence-corrected chi connectivity index (χ1v) is 6.79. The van der Waals surface area contributed by atoms with Crippen molar-refractivity contribution in [2.45, 2.75) is 39.2 Å². The van der Waals surface area contributed by atoms with E-state index < -0.39 is 12.0 Å². The van der Waals surface area contributed by atoms with Gasteiger partial charge in [0.1, 0.15) is 11.8 Å². The van der Waals surface area contributed by atoms with Crippen LogP contribution in [0, 0.1) is 6.92 Å². The van der Waals surface area contributed by atoms with Crippen molar-refractivity contribution in [2.75, 3.05) is 13.2 Å². The predicted molar refractivity (Wildman–Crippen MR) is 75.6 cm³/mol. The Balaban J connectivity index is 2.18. The Labute approximate surface area is 114 Å². The van der Waals surface area contributed by atoms with E-state index in [2.05, 4.69) is 5.32 Å². The van der Waals surface area contributed by atoms with Crippen LogP contribution in [-0.4, -0.2) is 30.3 Å². The molecule has 0 aliphatic carbocycles. The van der Waals surface area contributed by atoms with Crippen molar-refractivity contribution < 1.29 is 14.6 Å². The smallest absolute Gasteiger partial charge is 0.320 e. The first-order valence-electron chi connectivity index (χ1n) is 6.79. The molecule has 0 saturated carbocycles. The molecule has 1 aromatic carbocycles. The van der Waals surface area contributed by atoms with Gasteiger partial charge in [-0.2, -0.15) is 0 Å². The lowest BCUT2D eigenvalue weighted by atomic mass is 10.1. The highest BCUT2D eigenvalue weighted by Gasteiger charge is 2.14. The third kappa shape index (κ3) is 6.25. The highest BCUT2D eigenvalue weighted by molar-refractivity contribution is 5.73. The van der Waals surface area contributed by atoms with Crippen molar-refractivity contribution in [3.63, 3.8) is 0 Å². The van der Waals surface area contributed by atoms with Crippen LogP contribution in [-0.2, 0) is 4.79 Å². The van der Waals surface area contributed by atoms with E-state index in [-0.39, 0.29) is 0 Å². The lowest BCUT2D eigenvalue weighted by Gasteiger charge is -2.13. The highest BCUT2D eigenvalue weighted by atomic mass is 16.5. The molecule has 0 radical (unpaired) electrons. The SMILES string of the molecule is CCCC(NCCCOc1cccc(C)c1)C(=O)O.